The molecule has 0 bridgehead atoms. The molecule has 1 aliphatic rings. The minimum atomic E-state index is -3.54. The Labute approximate surface area is 191 Å². The average Bonchev–Trinajstić information content (AvgIpc) is 2.82. The van der Waals surface area contributed by atoms with Gasteiger partial charge in [0, 0.05) is 19.6 Å². The predicted octanol–water partition coefficient (Wildman–Crippen LogP) is 2.36. The van der Waals surface area contributed by atoms with Gasteiger partial charge in [0.05, 0.1) is 16.4 Å². The topological polar surface area (TPSA) is 105 Å². The van der Waals surface area contributed by atoms with Crippen molar-refractivity contribution in [2.24, 2.45) is 5.92 Å². The molecule has 2 aromatic carbocycles. The second kappa shape index (κ2) is 10.7. The van der Waals surface area contributed by atoms with Crippen LogP contribution in [-0.2, 0) is 21.4 Å². The number of halogens is 2. The lowest BCUT2D eigenvalue weighted by Crippen LogP contribution is -2.45. The van der Waals surface area contributed by atoms with Crippen molar-refractivity contribution in [2.45, 2.75) is 30.9 Å². The molecule has 0 saturated carbocycles. The van der Waals surface area contributed by atoms with Crippen molar-refractivity contribution < 1.29 is 31.5 Å². The first-order valence-corrected chi connectivity index (χ1v) is 11.8. The molecule has 178 valence electrons. The van der Waals surface area contributed by atoms with E-state index in [0.29, 0.717) is 19.4 Å². The highest BCUT2D eigenvalue weighted by atomic mass is 32.2. The van der Waals surface area contributed by atoms with Gasteiger partial charge in [-0.25, -0.2) is 13.1 Å². The van der Waals surface area contributed by atoms with Crippen molar-refractivity contribution in [1.82, 2.24) is 14.9 Å². The van der Waals surface area contributed by atoms with E-state index in [4.69, 9.17) is 0 Å². The molecule has 1 aliphatic heterocycles. The summed E-state index contributed by atoms with van der Waals surface area (Å²) in [5, 5.41) is 2.81. The molecular weight excluding hydrogens is 456 g/mol. The standard InChI is InChI=1S/C22H25F2N3O5S/c1-25-33(30,31)17-10-8-15(9-11-17)13-26-20(28)16-5-4-12-27(14-16)21(29)18-6-2-3-7-19(18)32-22(23)24/h2-3,6-11,16,22,25H,4-5,12-14H2,1H3,(H,26,28). The Morgan fingerprint density at radius 3 is 2.52 bits per heavy atom. The Balaban J connectivity index is 1.60. The highest BCUT2D eigenvalue weighted by Gasteiger charge is 2.30. The summed E-state index contributed by atoms with van der Waals surface area (Å²) in [6.07, 6.45) is 1.18. The molecule has 0 aromatic heterocycles. The molecule has 33 heavy (non-hydrogen) atoms. The Kier molecular flexibility index (Phi) is 7.98. The number of carbonyl (C=O) groups excluding carboxylic acids is 2. The normalized spacial score (nSPS) is 16.5. The molecule has 3 rings (SSSR count). The number of amides is 2. The molecule has 1 fully saturated rings. The predicted molar refractivity (Wildman–Crippen MR) is 116 cm³/mol. The zero-order valence-electron chi connectivity index (χ0n) is 18.0. The summed E-state index contributed by atoms with van der Waals surface area (Å²) in [7, 11) is -2.21. The minimum absolute atomic E-state index is 0.0236. The number of sulfonamides is 1. The number of alkyl halides is 2. The van der Waals surface area contributed by atoms with Gasteiger partial charge in [-0.05, 0) is 49.7 Å². The SMILES string of the molecule is CNS(=O)(=O)c1ccc(CNC(=O)C2CCCN(C(=O)c3ccccc3OC(F)F)C2)cc1. The van der Waals surface area contributed by atoms with E-state index < -0.39 is 28.5 Å². The molecule has 1 atom stereocenters. The molecular formula is C22H25F2N3O5S. The van der Waals surface area contributed by atoms with Crippen LogP contribution in [0.5, 0.6) is 5.75 Å². The summed E-state index contributed by atoms with van der Waals surface area (Å²) in [4.78, 5) is 27.2. The van der Waals surface area contributed by atoms with Gasteiger partial charge in [0.1, 0.15) is 5.75 Å². The molecule has 1 saturated heterocycles. The summed E-state index contributed by atoms with van der Waals surface area (Å²) in [6, 6.07) is 11.9. The van der Waals surface area contributed by atoms with Gasteiger partial charge in [0.25, 0.3) is 5.91 Å². The van der Waals surface area contributed by atoms with Gasteiger partial charge in [-0.1, -0.05) is 24.3 Å². The molecule has 1 heterocycles. The van der Waals surface area contributed by atoms with Crippen LogP contribution in [-0.4, -0.2) is 51.9 Å². The Hall–Kier alpha value is -3.05. The summed E-state index contributed by atoms with van der Waals surface area (Å²) in [6.45, 7) is -2.28. The quantitative estimate of drug-likeness (QED) is 0.602. The van der Waals surface area contributed by atoms with Gasteiger partial charge in [-0.15, -0.1) is 0 Å². The van der Waals surface area contributed by atoms with Crippen LogP contribution in [0.4, 0.5) is 8.78 Å². The molecule has 1 unspecified atom stereocenters. The van der Waals surface area contributed by atoms with Crippen LogP contribution in [0.2, 0.25) is 0 Å². The Bertz CT molecular complexity index is 1090. The Morgan fingerprint density at radius 2 is 1.85 bits per heavy atom. The first kappa shape index (κ1) is 24.6. The van der Waals surface area contributed by atoms with Crippen LogP contribution < -0.4 is 14.8 Å². The number of carbonyl (C=O) groups is 2. The maximum Gasteiger partial charge on any atom is 0.387 e. The first-order chi connectivity index (χ1) is 15.7. The van der Waals surface area contributed by atoms with Gasteiger partial charge >= 0.3 is 6.61 Å². The molecule has 0 spiro atoms. The van der Waals surface area contributed by atoms with Crippen molar-refractivity contribution in [3.05, 3.63) is 59.7 Å². The fourth-order valence-corrected chi connectivity index (χ4v) is 4.36. The van der Waals surface area contributed by atoms with E-state index >= 15 is 0 Å². The number of benzene rings is 2. The van der Waals surface area contributed by atoms with Crippen LogP contribution in [0.3, 0.4) is 0 Å². The van der Waals surface area contributed by atoms with Crippen molar-refractivity contribution in [1.29, 1.82) is 0 Å². The summed E-state index contributed by atoms with van der Waals surface area (Å²) < 4.78 is 55.6. The number of hydrogen-bond acceptors (Lipinski definition) is 5. The highest BCUT2D eigenvalue weighted by Crippen LogP contribution is 2.25. The lowest BCUT2D eigenvalue weighted by atomic mass is 9.96. The second-order valence-corrected chi connectivity index (χ2v) is 9.42. The van der Waals surface area contributed by atoms with Crippen molar-refractivity contribution in [2.75, 3.05) is 20.1 Å². The van der Waals surface area contributed by atoms with E-state index in [1.165, 1.54) is 42.3 Å². The van der Waals surface area contributed by atoms with Crippen LogP contribution in [0.15, 0.2) is 53.4 Å². The van der Waals surface area contributed by atoms with Gasteiger partial charge in [0.2, 0.25) is 15.9 Å². The number of para-hydroxylation sites is 1. The molecule has 2 amide bonds. The van der Waals surface area contributed by atoms with Gasteiger partial charge in [-0.2, -0.15) is 8.78 Å². The molecule has 2 aromatic rings. The molecule has 0 aliphatic carbocycles. The Morgan fingerprint density at radius 1 is 1.15 bits per heavy atom. The number of rotatable bonds is 8. The van der Waals surface area contributed by atoms with E-state index in [1.54, 1.807) is 18.2 Å². The van der Waals surface area contributed by atoms with Crippen LogP contribution in [0.25, 0.3) is 0 Å². The van der Waals surface area contributed by atoms with Gasteiger partial charge in [-0.3, -0.25) is 9.59 Å². The smallest absolute Gasteiger partial charge is 0.387 e. The average molecular weight is 482 g/mol. The second-order valence-electron chi connectivity index (χ2n) is 7.53. The maximum atomic E-state index is 12.9. The number of hydrogen-bond donors (Lipinski definition) is 2. The van der Waals surface area contributed by atoms with E-state index in [1.807, 2.05) is 0 Å². The van der Waals surface area contributed by atoms with Crippen LogP contribution >= 0.6 is 0 Å². The van der Waals surface area contributed by atoms with E-state index in [0.717, 1.165) is 5.56 Å². The fourth-order valence-electron chi connectivity index (χ4n) is 3.63. The number of nitrogens with one attached hydrogen (secondary N) is 2. The largest absolute Gasteiger partial charge is 0.434 e. The fraction of sp³-hybridized carbons (Fsp3) is 0.364. The number of ether oxygens (including phenoxy) is 1. The summed E-state index contributed by atoms with van der Waals surface area (Å²) >= 11 is 0. The summed E-state index contributed by atoms with van der Waals surface area (Å²) in [5.74, 6) is -1.36. The van der Waals surface area contributed by atoms with Crippen molar-refractivity contribution in [3.8, 4) is 5.75 Å². The highest BCUT2D eigenvalue weighted by molar-refractivity contribution is 7.89. The molecule has 2 N–H and O–H groups in total. The maximum absolute atomic E-state index is 12.9. The third kappa shape index (κ3) is 6.26. The van der Waals surface area contributed by atoms with Gasteiger partial charge < -0.3 is 15.0 Å². The lowest BCUT2D eigenvalue weighted by Gasteiger charge is -2.32. The third-order valence-electron chi connectivity index (χ3n) is 5.38. The zero-order chi connectivity index (χ0) is 24.0. The van der Waals surface area contributed by atoms with E-state index in [-0.39, 0.29) is 35.2 Å². The third-order valence-corrected chi connectivity index (χ3v) is 6.81. The number of likely N-dealkylation sites (tertiary alicyclic amines) is 1. The minimum Gasteiger partial charge on any atom is -0.434 e. The molecule has 8 nitrogen and oxygen atoms in total. The zero-order valence-corrected chi connectivity index (χ0v) is 18.8. The van der Waals surface area contributed by atoms with E-state index in [9.17, 15) is 26.8 Å². The first-order valence-electron chi connectivity index (χ1n) is 10.3. The monoisotopic (exact) mass is 481 g/mol. The number of nitrogens with zero attached hydrogens (tertiary/aromatic N) is 1. The number of piperidine rings is 1. The lowest BCUT2D eigenvalue weighted by molar-refractivity contribution is -0.126. The van der Waals surface area contributed by atoms with Crippen LogP contribution in [0, 0.1) is 5.92 Å². The summed E-state index contributed by atoms with van der Waals surface area (Å²) in [5.41, 5.74) is 0.746. The van der Waals surface area contributed by atoms with Crippen LogP contribution in [0.1, 0.15) is 28.8 Å². The van der Waals surface area contributed by atoms with Crippen molar-refractivity contribution >= 4 is 21.8 Å². The van der Waals surface area contributed by atoms with E-state index in [2.05, 4.69) is 14.8 Å². The van der Waals surface area contributed by atoms with Crippen molar-refractivity contribution in [3.63, 3.8) is 0 Å². The molecule has 0 radical (unpaired) electrons. The van der Waals surface area contributed by atoms with Gasteiger partial charge in [0.15, 0.2) is 0 Å². The molecule has 11 heteroatoms.